The lowest BCUT2D eigenvalue weighted by molar-refractivity contribution is 0.583. The first kappa shape index (κ1) is 13.8. The van der Waals surface area contributed by atoms with Gasteiger partial charge < -0.3 is 0 Å². The summed E-state index contributed by atoms with van der Waals surface area (Å²) in [7, 11) is -3.10. The minimum atomic E-state index is -3.10. The van der Waals surface area contributed by atoms with Gasteiger partial charge in [-0.05, 0) is 37.1 Å². The number of nitrogens with zero attached hydrogens (tertiary/aromatic N) is 2. The summed E-state index contributed by atoms with van der Waals surface area (Å²) in [5.74, 6) is 0.116. The van der Waals surface area contributed by atoms with Gasteiger partial charge >= 0.3 is 0 Å². The monoisotopic (exact) mass is 279 g/mol. The van der Waals surface area contributed by atoms with Gasteiger partial charge in [0, 0.05) is 18.9 Å². The van der Waals surface area contributed by atoms with Crippen LogP contribution in [0, 0.1) is 0 Å². The van der Waals surface area contributed by atoms with Crippen molar-refractivity contribution < 1.29 is 8.42 Å². The van der Waals surface area contributed by atoms with Gasteiger partial charge in [0.05, 0.1) is 11.4 Å². The summed E-state index contributed by atoms with van der Waals surface area (Å²) in [5, 5.41) is 4.15. The minimum Gasteiger partial charge on any atom is -0.241 e. The predicted octanol–water partition coefficient (Wildman–Crippen LogP) is 1.35. The van der Waals surface area contributed by atoms with E-state index in [2.05, 4.69) is 9.82 Å². The molecule has 0 atom stereocenters. The molecule has 2 rings (SSSR count). The zero-order valence-corrected chi connectivity index (χ0v) is 11.6. The van der Waals surface area contributed by atoms with Crippen LogP contribution in [-0.4, -0.2) is 30.5 Å². The van der Waals surface area contributed by atoms with E-state index in [4.69, 9.17) is 0 Å². The van der Waals surface area contributed by atoms with Crippen LogP contribution < -0.4 is 4.72 Å². The SMILES string of the molecule is CCS(=O)(=O)NCCc1ccc(-n2cccn2)cc1. The van der Waals surface area contributed by atoms with Crippen LogP contribution in [0.3, 0.4) is 0 Å². The number of hydrogen-bond donors (Lipinski definition) is 1. The third-order valence-corrected chi connectivity index (χ3v) is 4.23. The van der Waals surface area contributed by atoms with Gasteiger partial charge in [0.1, 0.15) is 0 Å². The number of nitrogens with one attached hydrogen (secondary N) is 1. The van der Waals surface area contributed by atoms with Crippen molar-refractivity contribution in [3.63, 3.8) is 0 Å². The molecule has 19 heavy (non-hydrogen) atoms. The molecular weight excluding hydrogens is 262 g/mol. The van der Waals surface area contributed by atoms with E-state index in [-0.39, 0.29) is 5.75 Å². The highest BCUT2D eigenvalue weighted by Crippen LogP contribution is 2.08. The second-order valence-electron chi connectivity index (χ2n) is 4.16. The summed E-state index contributed by atoms with van der Waals surface area (Å²) in [4.78, 5) is 0. The molecule has 0 aliphatic heterocycles. The maximum absolute atomic E-state index is 11.3. The predicted molar refractivity (Wildman–Crippen MR) is 74.7 cm³/mol. The van der Waals surface area contributed by atoms with E-state index in [0.717, 1.165) is 11.3 Å². The zero-order chi connectivity index (χ0) is 13.7. The van der Waals surface area contributed by atoms with Crippen molar-refractivity contribution in [2.75, 3.05) is 12.3 Å². The minimum absolute atomic E-state index is 0.116. The van der Waals surface area contributed by atoms with Gasteiger partial charge in [-0.1, -0.05) is 12.1 Å². The smallest absolute Gasteiger partial charge is 0.211 e. The lowest BCUT2D eigenvalue weighted by Crippen LogP contribution is -2.27. The van der Waals surface area contributed by atoms with E-state index in [1.807, 2.05) is 36.5 Å². The van der Waals surface area contributed by atoms with Gasteiger partial charge in [0.25, 0.3) is 0 Å². The van der Waals surface area contributed by atoms with Crippen LogP contribution in [0.5, 0.6) is 0 Å². The standard InChI is InChI=1S/C13H17N3O2S/c1-2-19(17,18)15-10-8-12-4-6-13(7-5-12)16-11-3-9-14-16/h3-7,9,11,15H,2,8,10H2,1H3. The van der Waals surface area contributed by atoms with E-state index < -0.39 is 10.0 Å². The second-order valence-corrected chi connectivity index (χ2v) is 6.26. The summed E-state index contributed by atoms with van der Waals surface area (Å²) in [6.45, 7) is 2.05. The van der Waals surface area contributed by atoms with Crippen molar-refractivity contribution in [3.8, 4) is 5.69 Å². The first-order valence-corrected chi connectivity index (χ1v) is 7.82. The third kappa shape index (κ3) is 3.90. The zero-order valence-electron chi connectivity index (χ0n) is 10.8. The number of aromatic nitrogens is 2. The van der Waals surface area contributed by atoms with E-state index >= 15 is 0 Å². The topological polar surface area (TPSA) is 64.0 Å². The summed E-state index contributed by atoms with van der Waals surface area (Å²) in [5.41, 5.74) is 2.08. The van der Waals surface area contributed by atoms with Crippen molar-refractivity contribution >= 4 is 10.0 Å². The Balaban J connectivity index is 1.93. The fourth-order valence-corrected chi connectivity index (χ4v) is 2.31. The highest BCUT2D eigenvalue weighted by atomic mass is 32.2. The van der Waals surface area contributed by atoms with Crippen molar-refractivity contribution in [1.82, 2.24) is 14.5 Å². The van der Waals surface area contributed by atoms with Crippen LogP contribution in [0.2, 0.25) is 0 Å². The largest absolute Gasteiger partial charge is 0.241 e. The summed E-state index contributed by atoms with van der Waals surface area (Å²) in [6, 6.07) is 9.77. The lowest BCUT2D eigenvalue weighted by atomic mass is 10.1. The Labute approximate surface area is 113 Å². The Kier molecular flexibility index (Phi) is 4.34. The Morgan fingerprint density at radius 1 is 1.26 bits per heavy atom. The number of rotatable bonds is 6. The molecule has 102 valence electrons. The Hall–Kier alpha value is -1.66. The maximum Gasteiger partial charge on any atom is 0.211 e. The lowest BCUT2D eigenvalue weighted by Gasteiger charge is -2.06. The fourth-order valence-electron chi connectivity index (χ4n) is 1.69. The van der Waals surface area contributed by atoms with Gasteiger partial charge in [-0.25, -0.2) is 17.8 Å². The average molecular weight is 279 g/mol. The average Bonchev–Trinajstić information content (AvgIpc) is 2.93. The Morgan fingerprint density at radius 3 is 2.58 bits per heavy atom. The fraction of sp³-hybridized carbons (Fsp3) is 0.308. The van der Waals surface area contributed by atoms with Crippen molar-refractivity contribution in [3.05, 3.63) is 48.3 Å². The molecule has 0 aliphatic carbocycles. The highest BCUT2D eigenvalue weighted by molar-refractivity contribution is 7.89. The van der Waals surface area contributed by atoms with Crippen LogP contribution >= 0.6 is 0 Å². The molecule has 0 spiro atoms. The van der Waals surface area contributed by atoms with Gasteiger partial charge in [-0.3, -0.25) is 0 Å². The van der Waals surface area contributed by atoms with Gasteiger partial charge in [-0.2, -0.15) is 5.10 Å². The Bertz CT molecular complexity index is 604. The van der Waals surface area contributed by atoms with Crippen molar-refractivity contribution in [1.29, 1.82) is 0 Å². The normalized spacial score (nSPS) is 11.6. The van der Waals surface area contributed by atoms with Crippen molar-refractivity contribution in [2.45, 2.75) is 13.3 Å². The molecule has 6 heteroatoms. The number of sulfonamides is 1. The molecule has 1 heterocycles. The number of benzene rings is 1. The number of hydrogen-bond acceptors (Lipinski definition) is 3. The van der Waals surface area contributed by atoms with Crippen LogP contribution in [0.15, 0.2) is 42.7 Å². The van der Waals surface area contributed by atoms with Crippen LogP contribution in [0.1, 0.15) is 12.5 Å². The molecule has 0 fully saturated rings. The van der Waals surface area contributed by atoms with Gasteiger partial charge in [0.2, 0.25) is 10.0 Å². The molecule has 0 radical (unpaired) electrons. The van der Waals surface area contributed by atoms with Crippen LogP contribution in [0.25, 0.3) is 5.69 Å². The molecule has 0 aliphatic rings. The highest BCUT2D eigenvalue weighted by Gasteiger charge is 2.05. The van der Waals surface area contributed by atoms with E-state index in [1.54, 1.807) is 17.8 Å². The molecule has 2 aromatic rings. The molecule has 1 aromatic heterocycles. The molecule has 5 nitrogen and oxygen atoms in total. The van der Waals surface area contributed by atoms with Gasteiger partial charge in [0.15, 0.2) is 0 Å². The van der Waals surface area contributed by atoms with Gasteiger partial charge in [-0.15, -0.1) is 0 Å². The van der Waals surface area contributed by atoms with E-state index in [9.17, 15) is 8.42 Å². The van der Waals surface area contributed by atoms with E-state index in [0.29, 0.717) is 13.0 Å². The molecule has 0 saturated heterocycles. The summed E-state index contributed by atoms with van der Waals surface area (Å²) in [6.07, 6.45) is 4.29. The summed E-state index contributed by atoms with van der Waals surface area (Å²) >= 11 is 0. The summed E-state index contributed by atoms with van der Waals surface area (Å²) < 4.78 is 26.9. The molecule has 1 N–H and O–H groups in total. The van der Waals surface area contributed by atoms with E-state index in [1.165, 1.54) is 0 Å². The molecular formula is C13H17N3O2S. The first-order valence-electron chi connectivity index (χ1n) is 6.17. The molecule has 0 unspecified atom stereocenters. The van der Waals surface area contributed by atoms with Crippen molar-refractivity contribution in [2.24, 2.45) is 0 Å². The molecule has 0 bridgehead atoms. The third-order valence-electron chi connectivity index (χ3n) is 2.82. The maximum atomic E-state index is 11.3. The quantitative estimate of drug-likeness (QED) is 0.868. The molecule has 0 amide bonds. The Morgan fingerprint density at radius 2 is 2.00 bits per heavy atom. The first-order chi connectivity index (χ1) is 9.11. The molecule has 0 saturated carbocycles. The second kappa shape index (κ2) is 5.99. The molecule has 1 aromatic carbocycles. The van der Waals surface area contributed by atoms with Crippen LogP contribution in [0.4, 0.5) is 0 Å². The van der Waals surface area contributed by atoms with Crippen LogP contribution in [-0.2, 0) is 16.4 Å².